The highest BCUT2D eigenvalue weighted by molar-refractivity contribution is 7.08. The monoisotopic (exact) mass is 238 g/mol. The van der Waals surface area contributed by atoms with Crippen LogP contribution in [0.4, 0.5) is 5.69 Å². The van der Waals surface area contributed by atoms with E-state index in [2.05, 4.69) is 40.9 Å². The van der Waals surface area contributed by atoms with Crippen molar-refractivity contribution in [3.05, 3.63) is 16.8 Å². The molecule has 1 saturated heterocycles. The fourth-order valence-corrected chi connectivity index (χ4v) is 3.25. The van der Waals surface area contributed by atoms with Crippen LogP contribution in [0.25, 0.3) is 0 Å². The van der Waals surface area contributed by atoms with E-state index in [-0.39, 0.29) is 0 Å². The van der Waals surface area contributed by atoms with Gasteiger partial charge in [0.1, 0.15) is 0 Å². The van der Waals surface area contributed by atoms with Gasteiger partial charge in [0.25, 0.3) is 0 Å². The van der Waals surface area contributed by atoms with Gasteiger partial charge in [-0.1, -0.05) is 20.3 Å². The van der Waals surface area contributed by atoms with Crippen LogP contribution < -0.4 is 10.2 Å². The fourth-order valence-electron chi connectivity index (χ4n) is 2.58. The van der Waals surface area contributed by atoms with Crippen molar-refractivity contribution in [1.82, 2.24) is 5.32 Å². The molecule has 1 fully saturated rings. The Morgan fingerprint density at radius 2 is 2.31 bits per heavy atom. The molecular formula is C13H22N2S. The molecule has 0 spiro atoms. The Kier molecular flexibility index (Phi) is 4.24. The molecule has 16 heavy (non-hydrogen) atoms. The molecule has 1 N–H and O–H groups in total. The molecule has 2 nitrogen and oxygen atoms in total. The summed E-state index contributed by atoms with van der Waals surface area (Å²) < 4.78 is 0. The number of anilines is 1. The minimum atomic E-state index is 0.670. The molecule has 0 aromatic carbocycles. The highest BCUT2D eigenvalue weighted by atomic mass is 32.1. The summed E-state index contributed by atoms with van der Waals surface area (Å²) in [4.78, 5) is 2.54. The first kappa shape index (κ1) is 11.9. The van der Waals surface area contributed by atoms with Crippen molar-refractivity contribution >= 4 is 17.0 Å². The molecule has 0 aliphatic carbocycles. The smallest absolute Gasteiger partial charge is 0.0475 e. The van der Waals surface area contributed by atoms with Crippen LogP contribution in [0, 0.1) is 5.92 Å². The van der Waals surface area contributed by atoms with E-state index in [0.717, 1.165) is 12.5 Å². The molecule has 1 aliphatic rings. The highest BCUT2D eigenvalue weighted by Gasteiger charge is 2.25. The molecule has 1 aromatic rings. The first-order valence-electron chi connectivity index (χ1n) is 6.34. The third-order valence-corrected chi connectivity index (χ3v) is 4.15. The van der Waals surface area contributed by atoms with E-state index >= 15 is 0 Å². The van der Waals surface area contributed by atoms with Crippen molar-refractivity contribution in [2.45, 2.75) is 32.7 Å². The third kappa shape index (κ3) is 2.77. The lowest BCUT2D eigenvalue weighted by molar-refractivity contribution is 0.330. The van der Waals surface area contributed by atoms with E-state index in [4.69, 9.17) is 0 Å². The summed E-state index contributed by atoms with van der Waals surface area (Å²) in [6.45, 7) is 7.99. The fraction of sp³-hybridized carbons (Fsp3) is 0.692. The molecule has 0 radical (unpaired) electrons. The Morgan fingerprint density at radius 3 is 2.94 bits per heavy atom. The van der Waals surface area contributed by atoms with Gasteiger partial charge in [-0.25, -0.2) is 0 Å². The Labute approximate surface area is 103 Å². The van der Waals surface area contributed by atoms with E-state index in [1.54, 1.807) is 11.3 Å². The summed E-state index contributed by atoms with van der Waals surface area (Å²) in [5, 5.41) is 8.04. The van der Waals surface area contributed by atoms with Crippen LogP contribution in [0.5, 0.6) is 0 Å². The van der Waals surface area contributed by atoms with E-state index in [1.165, 1.54) is 31.6 Å². The SMILES string of the molecule is CCNC1CC(CC)CN(c2ccsc2)C1. The normalized spacial score (nSPS) is 26.0. The number of hydrogen-bond donors (Lipinski definition) is 1. The van der Waals surface area contributed by atoms with Gasteiger partial charge in [0.2, 0.25) is 0 Å². The van der Waals surface area contributed by atoms with Gasteiger partial charge >= 0.3 is 0 Å². The van der Waals surface area contributed by atoms with Crippen LogP contribution in [0.1, 0.15) is 26.7 Å². The van der Waals surface area contributed by atoms with Gasteiger partial charge in [-0.2, -0.15) is 11.3 Å². The van der Waals surface area contributed by atoms with Gasteiger partial charge in [-0.05, 0) is 30.3 Å². The van der Waals surface area contributed by atoms with Crippen LogP contribution >= 0.6 is 11.3 Å². The number of likely N-dealkylation sites (N-methyl/N-ethyl adjacent to an activating group) is 1. The number of hydrogen-bond acceptors (Lipinski definition) is 3. The van der Waals surface area contributed by atoms with Crippen LogP contribution in [-0.4, -0.2) is 25.7 Å². The molecule has 2 heterocycles. The van der Waals surface area contributed by atoms with Crippen LogP contribution in [0.15, 0.2) is 16.8 Å². The van der Waals surface area contributed by atoms with Crippen molar-refractivity contribution in [2.24, 2.45) is 5.92 Å². The lowest BCUT2D eigenvalue weighted by Gasteiger charge is -2.38. The number of nitrogens with one attached hydrogen (secondary N) is 1. The summed E-state index contributed by atoms with van der Waals surface area (Å²) in [7, 11) is 0. The van der Waals surface area contributed by atoms with Crippen LogP contribution in [0.2, 0.25) is 0 Å². The summed E-state index contributed by atoms with van der Waals surface area (Å²) in [6.07, 6.45) is 2.63. The van der Waals surface area contributed by atoms with Gasteiger partial charge < -0.3 is 10.2 Å². The second-order valence-corrected chi connectivity index (χ2v) is 5.43. The Bertz CT molecular complexity index is 297. The molecule has 1 aliphatic heterocycles. The number of piperidine rings is 1. The number of thiophene rings is 1. The lowest BCUT2D eigenvalue weighted by Crippen LogP contribution is -2.49. The predicted molar refractivity (Wildman–Crippen MR) is 72.4 cm³/mol. The van der Waals surface area contributed by atoms with Crippen LogP contribution in [0.3, 0.4) is 0 Å². The van der Waals surface area contributed by atoms with E-state index < -0.39 is 0 Å². The van der Waals surface area contributed by atoms with Crippen molar-refractivity contribution in [1.29, 1.82) is 0 Å². The Morgan fingerprint density at radius 1 is 1.44 bits per heavy atom. The molecule has 2 unspecified atom stereocenters. The number of nitrogens with zero attached hydrogens (tertiary/aromatic N) is 1. The quantitative estimate of drug-likeness (QED) is 0.867. The van der Waals surface area contributed by atoms with Gasteiger partial charge in [0.05, 0.1) is 0 Å². The lowest BCUT2D eigenvalue weighted by atomic mass is 9.92. The van der Waals surface area contributed by atoms with Gasteiger partial charge in [0, 0.05) is 30.2 Å². The zero-order chi connectivity index (χ0) is 11.4. The van der Waals surface area contributed by atoms with Crippen LogP contribution in [-0.2, 0) is 0 Å². The number of rotatable bonds is 4. The zero-order valence-electron chi connectivity index (χ0n) is 10.3. The van der Waals surface area contributed by atoms with Crippen molar-refractivity contribution in [2.75, 3.05) is 24.5 Å². The van der Waals surface area contributed by atoms with E-state index in [0.29, 0.717) is 6.04 Å². The topological polar surface area (TPSA) is 15.3 Å². The highest BCUT2D eigenvalue weighted by Crippen LogP contribution is 2.26. The molecule has 1 aromatic heterocycles. The molecule has 2 rings (SSSR count). The maximum Gasteiger partial charge on any atom is 0.0475 e. The molecule has 90 valence electrons. The zero-order valence-corrected chi connectivity index (χ0v) is 11.1. The Balaban J connectivity index is 2.02. The minimum Gasteiger partial charge on any atom is -0.369 e. The first-order chi connectivity index (χ1) is 7.83. The summed E-state index contributed by atoms with van der Waals surface area (Å²) in [6, 6.07) is 2.91. The molecule has 0 saturated carbocycles. The second kappa shape index (κ2) is 5.69. The molecular weight excluding hydrogens is 216 g/mol. The standard InChI is InChI=1S/C13H22N2S/c1-3-11-7-12(14-4-2)9-15(8-11)13-5-6-16-10-13/h5-6,10-12,14H,3-4,7-9H2,1-2H3. The van der Waals surface area contributed by atoms with Crippen molar-refractivity contribution in [3.63, 3.8) is 0 Å². The average molecular weight is 238 g/mol. The molecule has 0 bridgehead atoms. The molecule has 0 amide bonds. The summed E-state index contributed by atoms with van der Waals surface area (Å²) in [5.41, 5.74) is 1.41. The van der Waals surface area contributed by atoms with Crippen molar-refractivity contribution < 1.29 is 0 Å². The minimum absolute atomic E-state index is 0.670. The van der Waals surface area contributed by atoms with Gasteiger partial charge in [-0.3, -0.25) is 0 Å². The molecule has 3 heteroatoms. The second-order valence-electron chi connectivity index (χ2n) is 4.65. The Hall–Kier alpha value is -0.540. The summed E-state index contributed by atoms with van der Waals surface area (Å²) >= 11 is 1.79. The molecule has 2 atom stereocenters. The maximum atomic E-state index is 3.60. The first-order valence-corrected chi connectivity index (χ1v) is 7.28. The predicted octanol–water partition coefficient (Wildman–Crippen LogP) is 2.96. The third-order valence-electron chi connectivity index (χ3n) is 3.48. The van der Waals surface area contributed by atoms with E-state index in [9.17, 15) is 0 Å². The summed E-state index contributed by atoms with van der Waals surface area (Å²) in [5.74, 6) is 0.845. The van der Waals surface area contributed by atoms with Crippen molar-refractivity contribution in [3.8, 4) is 0 Å². The van der Waals surface area contributed by atoms with Gasteiger partial charge in [0.15, 0.2) is 0 Å². The maximum absolute atomic E-state index is 3.60. The largest absolute Gasteiger partial charge is 0.369 e. The average Bonchev–Trinajstić information content (AvgIpc) is 2.82. The van der Waals surface area contributed by atoms with Gasteiger partial charge in [-0.15, -0.1) is 0 Å². The van der Waals surface area contributed by atoms with E-state index in [1.807, 2.05) is 0 Å².